The fourth-order valence-electron chi connectivity index (χ4n) is 3.40. The number of hydrogen-bond acceptors (Lipinski definition) is 4. The van der Waals surface area contributed by atoms with Gasteiger partial charge in [0.1, 0.15) is 0 Å². The fraction of sp³-hybridized carbons (Fsp3) is 0.350. The highest BCUT2D eigenvalue weighted by atomic mass is 16.7. The van der Waals surface area contributed by atoms with E-state index in [4.69, 9.17) is 9.47 Å². The zero-order valence-electron chi connectivity index (χ0n) is 14.2. The predicted octanol–water partition coefficient (Wildman–Crippen LogP) is 4.05. The smallest absolute Gasteiger partial charge is 0.255 e. The number of carbonyl (C=O) groups is 1. The molecule has 0 aromatic heterocycles. The Morgan fingerprint density at radius 3 is 2.52 bits per heavy atom. The maximum atomic E-state index is 12.7. The third-order valence-corrected chi connectivity index (χ3v) is 4.73. The van der Waals surface area contributed by atoms with Crippen molar-refractivity contribution in [1.29, 1.82) is 0 Å². The molecule has 2 aliphatic rings. The van der Waals surface area contributed by atoms with Crippen molar-refractivity contribution in [3.8, 4) is 11.5 Å². The van der Waals surface area contributed by atoms with Crippen molar-refractivity contribution < 1.29 is 14.3 Å². The lowest BCUT2D eigenvalue weighted by atomic mass is 10.1. The van der Waals surface area contributed by atoms with Crippen molar-refractivity contribution in [2.45, 2.75) is 25.7 Å². The van der Waals surface area contributed by atoms with E-state index in [0.29, 0.717) is 17.1 Å². The number of anilines is 2. The van der Waals surface area contributed by atoms with Gasteiger partial charge in [-0.2, -0.15) is 0 Å². The Morgan fingerprint density at radius 2 is 1.68 bits per heavy atom. The topological polar surface area (TPSA) is 50.8 Å². The molecule has 1 amide bonds. The van der Waals surface area contributed by atoms with Gasteiger partial charge in [-0.1, -0.05) is 25.0 Å². The van der Waals surface area contributed by atoms with Gasteiger partial charge in [0.05, 0.1) is 11.4 Å². The molecule has 4 rings (SSSR count). The van der Waals surface area contributed by atoms with Crippen LogP contribution < -0.4 is 19.7 Å². The Labute approximate surface area is 147 Å². The van der Waals surface area contributed by atoms with E-state index < -0.39 is 0 Å². The van der Waals surface area contributed by atoms with Crippen LogP contribution in [-0.2, 0) is 0 Å². The Morgan fingerprint density at radius 1 is 0.920 bits per heavy atom. The SMILES string of the molecule is O=C(Nc1ccccc1N1CCCCCC1)c1ccc2c(c1)OCO2. The van der Waals surface area contributed by atoms with Gasteiger partial charge in [0.2, 0.25) is 6.79 Å². The van der Waals surface area contributed by atoms with Crippen LogP contribution in [0.3, 0.4) is 0 Å². The first-order valence-corrected chi connectivity index (χ1v) is 8.86. The number of benzene rings is 2. The highest BCUT2D eigenvalue weighted by molar-refractivity contribution is 6.06. The molecule has 0 saturated carbocycles. The van der Waals surface area contributed by atoms with E-state index in [-0.39, 0.29) is 12.7 Å². The van der Waals surface area contributed by atoms with Crippen molar-refractivity contribution in [1.82, 2.24) is 0 Å². The third-order valence-electron chi connectivity index (χ3n) is 4.73. The van der Waals surface area contributed by atoms with Gasteiger partial charge >= 0.3 is 0 Å². The molecular formula is C20H22N2O3. The van der Waals surface area contributed by atoms with E-state index in [1.54, 1.807) is 18.2 Å². The van der Waals surface area contributed by atoms with E-state index in [0.717, 1.165) is 24.5 Å². The Hall–Kier alpha value is -2.69. The summed E-state index contributed by atoms with van der Waals surface area (Å²) in [6, 6.07) is 13.3. The zero-order chi connectivity index (χ0) is 17.1. The number of carbonyl (C=O) groups excluding carboxylic acids is 1. The molecule has 2 aromatic carbocycles. The minimum Gasteiger partial charge on any atom is -0.454 e. The maximum absolute atomic E-state index is 12.7. The summed E-state index contributed by atoms with van der Waals surface area (Å²) in [5.74, 6) is 1.16. The number of rotatable bonds is 3. The third kappa shape index (κ3) is 3.40. The number of ether oxygens (including phenoxy) is 2. The summed E-state index contributed by atoms with van der Waals surface area (Å²) in [6.45, 7) is 2.28. The standard InChI is InChI=1S/C20H22N2O3/c23-20(15-9-10-18-19(13-15)25-14-24-18)21-16-7-3-4-8-17(16)22-11-5-1-2-6-12-22/h3-4,7-10,13H,1-2,5-6,11-12,14H2,(H,21,23). The Kier molecular flexibility index (Phi) is 4.46. The van der Waals surface area contributed by atoms with Gasteiger partial charge in [-0.25, -0.2) is 0 Å². The summed E-state index contributed by atoms with van der Waals surface area (Å²) in [5.41, 5.74) is 2.51. The summed E-state index contributed by atoms with van der Waals surface area (Å²) in [7, 11) is 0. The van der Waals surface area contributed by atoms with Crippen LogP contribution in [0, 0.1) is 0 Å². The second-order valence-corrected chi connectivity index (χ2v) is 6.44. The molecule has 2 heterocycles. The molecule has 0 unspecified atom stereocenters. The predicted molar refractivity (Wildman–Crippen MR) is 97.6 cm³/mol. The molecule has 0 radical (unpaired) electrons. The van der Waals surface area contributed by atoms with Gasteiger partial charge < -0.3 is 19.7 Å². The average molecular weight is 338 g/mol. The molecule has 0 aliphatic carbocycles. The molecule has 0 bridgehead atoms. The number of nitrogens with zero attached hydrogens (tertiary/aromatic N) is 1. The van der Waals surface area contributed by atoms with Crippen LogP contribution >= 0.6 is 0 Å². The highest BCUT2D eigenvalue weighted by Gasteiger charge is 2.18. The second-order valence-electron chi connectivity index (χ2n) is 6.44. The van der Waals surface area contributed by atoms with Crippen LogP contribution in [0.5, 0.6) is 11.5 Å². The van der Waals surface area contributed by atoms with Crippen molar-refractivity contribution >= 4 is 17.3 Å². The van der Waals surface area contributed by atoms with Crippen LogP contribution in [0.2, 0.25) is 0 Å². The minimum atomic E-state index is -0.138. The quantitative estimate of drug-likeness (QED) is 0.917. The van der Waals surface area contributed by atoms with Crippen molar-refractivity contribution in [3.05, 3.63) is 48.0 Å². The van der Waals surface area contributed by atoms with Crippen LogP contribution in [0.1, 0.15) is 36.0 Å². The minimum absolute atomic E-state index is 0.138. The van der Waals surface area contributed by atoms with Crippen molar-refractivity contribution in [2.24, 2.45) is 0 Å². The number of amides is 1. The van der Waals surface area contributed by atoms with Crippen molar-refractivity contribution in [2.75, 3.05) is 30.1 Å². The number of nitrogens with one attached hydrogen (secondary N) is 1. The molecule has 0 atom stereocenters. The molecular weight excluding hydrogens is 316 g/mol. The maximum Gasteiger partial charge on any atom is 0.255 e. The van der Waals surface area contributed by atoms with E-state index >= 15 is 0 Å². The molecule has 1 saturated heterocycles. The Balaban J connectivity index is 1.55. The molecule has 25 heavy (non-hydrogen) atoms. The lowest BCUT2D eigenvalue weighted by Gasteiger charge is -2.25. The number of para-hydroxylation sites is 2. The lowest BCUT2D eigenvalue weighted by molar-refractivity contribution is 0.102. The van der Waals surface area contributed by atoms with Crippen LogP contribution in [0.4, 0.5) is 11.4 Å². The summed E-state index contributed by atoms with van der Waals surface area (Å²) >= 11 is 0. The zero-order valence-corrected chi connectivity index (χ0v) is 14.2. The van der Waals surface area contributed by atoms with Gasteiger partial charge in [0.15, 0.2) is 11.5 Å². The summed E-state index contributed by atoms with van der Waals surface area (Å²) in [6.07, 6.45) is 4.96. The molecule has 130 valence electrons. The van der Waals surface area contributed by atoms with E-state index in [9.17, 15) is 4.79 Å². The Bertz CT molecular complexity index is 767. The summed E-state index contributed by atoms with van der Waals surface area (Å²) in [5, 5.41) is 3.06. The molecule has 1 N–H and O–H groups in total. The van der Waals surface area contributed by atoms with Gasteiger partial charge in [-0.15, -0.1) is 0 Å². The normalized spacial score (nSPS) is 16.4. The highest BCUT2D eigenvalue weighted by Crippen LogP contribution is 2.33. The first-order valence-electron chi connectivity index (χ1n) is 8.86. The van der Waals surface area contributed by atoms with Gasteiger partial charge in [-0.3, -0.25) is 4.79 Å². The summed E-state index contributed by atoms with van der Waals surface area (Å²) in [4.78, 5) is 15.1. The van der Waals surface area contributed by atoms with Gasteiger partial charge in [-0.05, 0) is 43.2 Å². The molecule has 2 aliphatic heterocycles. The molecule has 5 heteroatoms. The first kappa shape index (κ1) is 15.8. The van der Waals surface area contributed by atoms with Crippen LogP contribution in [-0.4, -0.2) is 25.8 Å². The van der Waals surface area contributed by atoms with Gasteiger partial charge in [0, 0.05) is 18.7 Å². The van der Waals surface area contributed by atoms with Crippen LogP contribution in [0.25, 0.3) is 0 Å². The van der Waals surface area contributed by atoms with Gasteiger partial charge in [0.25, 0.3) is 5.91 Å². The molecule has 1 fully saturated rings. The van der Waals surface area contributed by atoms with E-state index in [2.05, 4.69) is 16.3 Å². The molecule has 0 spiro atoms. The van der Waals surface area contributed by atoms with E-state index in [1.165, 1.54) is 25.7 Å². The fourth-order valence-corrected chi connectivity index (χ4v) is 3.40. The largest absolute Gasteiger partial charge is 0.454 e. The second kappa shape index (κ2) is 7.05. The summed E-state index contributed by atoms with van der Waals surface area (Å²) < 4.78 is 10.7. The number of hydrogen-bond donors (Lipinski definition) is 1. The van der Waals surface area contributed by atoms with E-state index in [1.807, 2.05) is 18.2 Å². The van der Waals surface area contributed by atoms with Crippen molar-refractivity contribution in [3.63, 3.8) is 0 Å². The molecule has 2 aromatic rings. The first-order chi connectivity index (χ1) is 12.3. The van der Waals surface area contributed by atoms with Crippen LogP contribution in [0.15, 0.2) is 42.5 Å². The lowest BCUT2D eigenvalue weighted by Crippen LogP contribution is -2.25. The number of fused-ring (bicyclic) bond motifs is 1. The molecule has 5 nitrogen and oxygen atoms in total. The monoisotopic (exact) mass is 338 g/mol. The average Bonchev–Trinajstić information content (AvgIpc) is 2.94.